The molecule has 22 nitrogen and oxygen atoms in total. The van der Waals surface area contributed by atoms with Crippen molar-refractivity contribution in [2.45, 2.75) is 261 Å². The van der Waals surface area contributed by atoms with Crippen LogP contribution < -0.4 is 0 Å². The van der Waals surface area contributed by atoms with Crippen molar-refractivity contribution >= 4 is 0 Å². The van der Waals surface area contributed by atoms with E-state index in [1.54, 1.807) is 0 Å². The molecule has 4 aliphatic carbocycles. The van der Waals surface area contributed by atoms with E-state index in [2.05, 4.69) is 40.7 Å². The van der Waals surface area contributed by atoms with Crippen LogP contribution in [-0.2, 0) is 37.9 Å². The van der Waals surface area contributed by atoms with Gasteiger partial charge in [-0.2, -0.15) is 0 Å². The van der Waals surface area contributed by atoms with Crippen molar-refractivity contribution in [3.05, 3.63) is 11.6 Å². The lowest BCUT2D eigenvalue weighted by atomic mass is 9.35. The molecule has 0 aromatic rings. The summed E-state index contributed by atoms with van der Waals surface area (Å²) in [5.41, 5.74) is -1.20. The van der Waals surface area contributed by atoms with Gasteiger partial charge in [-0.25, -0.2) is 0 Å². The number of aliphatic hydroxyl groups is 14. The van der Waals surface area contributed by atoms with Crippen LogP contribution in [0.5, 0.6) is 0 Å². The van der Waals surface area contributed by atoms with Gasteiger partial charge in [0.05, 0.1) is 43.7 Å². The zero-order valence-corrected chi connectivity index (χ0v) is 45.6. The average Bonchev–Trinajstić information content (AvgIpc) is 3.95. The Hall–Kier alpha value is -1.14. The van der Waals surface area contributed by atoms with Crippen molar-refractivity contribution in [1.29, 1.82) is 0 Å². The second kappa shape index (κ2) is 22.9. The summed E-state index contributed by atoms with van der Waals surface area (Å²) in [6, 6.07) is 0. The van der Waals surface area contributed by atoms with E-state index in [0.717, 1.165) is 31.3 Å². The van der Waals surface area contributed by atoms with Gasteiger partial charge in [-0.15, -0.1) is 0 Å². The molecule has 8 rings (SSSR count). The van der Waals surface area contributed by atoms with E-state index in [9.17, 15) is 71.5 Å². The van der Waals surface area contributed by atoms with Gasteiger partial charge in [0.1, 0.15) is 91.6 Å². The molecule has 440 valence electrons. The molecule has 0 amide bonds. The molecule has 76 heavy (non-hydrogen) atoms. The number of ether oxygens (including phenoxy) is 8. The number of hydrogen-bond donors (Lipinski definition) is 14. The number of fused-ring (bicyclic) bond motifs is 5. The van der Waals surface area contributed by atoms with Crippen LogP contribution in [0, 0.1) is 45.3 Å². The van der Waals surface area contributed by atoms with Gasteiger partial charge >= 0.3 is 0 Å². The Morgan fingerprint density at radius 1 is 0.579 bits per heavy atom. The molecule has 22 heteroatoms. The van der Waals surface area contributed by atoms with Crippen LogP contribution in [0.15, 0.2) is 11.6 Å². The Balaban J connectivity index is 0.966. The maximum Gasteiger partial charge on any atom is 0.187 e. The molecule has 0 bridgehead atoms. The minimum absolute atomic E-state index is 0.0773. The molecule has 4 heterocycles. The molecule has 4 aliphatic heterocycles. The molecular weight excluding hydrogens is 1000 g/mol. The zero-order chi connectivity index (χ0) is 55.9. The van der Waals surface area contributed by atoms with Crippen LogP contribution in [0.1, 0.15) is 120 Å². The van der Waals surface area contributed by atoms with Crippen molar-refractivity contribution in [2.75, 3.05) is 19.8 Å². The van der Waals surface area contributed by atoms with Gasteiger partial charge in [-0.3, -0.25) is 0 Å². The Morgan fingerprint density at radius 2 is 1.12 bits per heavy atom. The topological polar surface area (TPSA) is 357 Å². The van der Waals surface area contributed by atoms with Crippen LogP contribution in [0.25, 0.3) is 0 Å². The molecule has 14 N–H and O–H groups in total. The standard InChI is InChI=1S/C54H92O22/c1-23(2)11-10-15-54(9,76-48-44(68)39(63)36(60)28(21-56)72-48)25-12-17-53(8)33(25)26(57)19-31-51(6)16-14-32(50(4,5)30(51)13-18-52(31,53)7)74-46-42(66)40(64)37(61)29(73-46)22-69-49-45(41(65)34(58)24(3)70-49)75-47-43(67)38(62)35(59)27(20-55)71-47/h11,24-49,55-68H,10,12-22H2,1-9H3/t24-,25+,26-,27-,28-,29-,30-,31-,32-,33+,34-,35-,36-,37-,38+,39+,40+,41+,42-,43-,44-,45-,46+,47+,48+,49-,51-,52-,53+,54-/m0/s1. The van der Waals surface area contributed by atoms with Crippen LogP contribution in [0.4, 0.5) is 0 Å². The Labute approximate surface area is 445 Å². The fourth-order valence-electron chi connectivity index (χ4n) is 16.2. The lowest BCUT2D eigenvalue weighted by molar-refractivity contribution is -0.372. The first kappa shape index (κ1) is 60.9. The van der Waals surface area contributed by atoms with Crippen LogP contribution in [-0.4, -0.2) is 232 Å². The highest BCUT2D eigenvalue weighted by Crippen LogP contribution is 2.76. The molecule has 8 fully saturated rings. The van der Waals surface area contributed by atoms with E-state index in [1.807, 2.05) is 20.8 Å². The van der Waals surface area contributed by atoms with Gasteiger partial charge in [0.2, 0.25) is 0 Å². The molecule has 0 radical (unpaired) electrons. The maximum atomic E-state index is 12.7. The molecule has 0 aromatic carbocycles. The Kier molecular flexibility index (Phi) is 18.4. The van der Waals surface area contributed by atoms with Gasteiger partial charge in [0.15, 0.2) is 25.2 Å². The van der Waals surface area contributed by atoms with Gasteiger partial charge < -0.3 is 109 Å². The van der Waals surface area contributed by atoms with E-state index < -0.39 is 166 Å². The molecule has 4 saturated carbocycles. The minimum Gasteiger partial charge on any atom is -0.394 e. The van der Waals surface area contributed by atoms with Crippen LogP contribution in [0.3, 0.4) is 0 Å². The summed E-state index contributed by atoms with van der Waals surface area (Å²) in [5.74, 6) is -0.208. The fourth-order valence-corrected chi connectivity index (χ4v) is 16.2. The van der Waals surface area contributed by atoms with Gasteiger partial charge in [0, 0.05) is 0 Å². The summed E-state index contributed by atoms with van der Waals surface area (Å²) >= 11 is 0. The van der Waals surface area contributed by atoms with Gasteiger partial charge in [-0.05, 0) is 131 Å². The van der Waals surface area contributed by atoms with Crippen molar-refractivity contribution in [3.63, 3.8) is 0 Å². The number of rotatable bonds is 15. The largest absolute Gasteiger partial charge is 0.394 e. The van der Waals surface area contributed by atoms with Gasteiger partial charge in [-0.1, -0.05) is 46.3 Å². The molecule has 4 saturated heterocycles. The number of allylic oxidation sites excluding steroid dienone is 2. The second-order valence-corrected chi connectivity index (χ2v) is 25.7. The van der Waals surface area contributed by atoms with Gasteiger partial charge in [0.25, 0.3) is 0 Å². The van der Waals surface area contributed by atoms with Crippen LogP contribution >= 0.6 is 0 Å². The molecule has 30 atom stereocenters. The molecule has 0 unspecified atom stereocenters. The molecule has 8 aliphatic rings. The predicted octanol–water partition coefficient (Wildman–Crippen LogP) is -1.17. The smallest absolute Gasteiger partial charge is 0.187 e. The van der Waals surface area contributed by atoms with Crippen LogP contribution in [0.2, 0.25) is 0 Å². The van der Waals surface area contributed by atoms with Crippen molar-refractivity contribution in [3.8, 4) is 0 Å². The summed E-state index contributed by atoms with van der Waals surface area (Å²) in [6.07, 6.45) is -23.7. The summed E-state index contributed by atoms with van der Waals surface area (Å²) in [6.45, 7) is 17.0. The van der Waals surface area contributed by atoms with E-state index >= 15 is 0 Å². The fraction of sp³-hybridized carbons (Fsp3) is 0.963. The predicted molar refractivity (Wildman–Crippen MR) is 265 cm³/mol. The number of hydrogen-bond acceptors (Lipinski definition) is 22. The quantitative estimate of drug-likeness (QED) is 0.0678. The average molecular weight is 1090 g/mol. The summed E-state index contributed by atoms with van der Waals surface area (Å²) in [7, 11) is 0. The highest BCUT2D eigenvalue weighted by Gasteiger charge is 2.72. The first-order valence-electron chi connectivity index (χ1n) is 27.7. The second-order valence-electron chi connectivity index (χ2n) is 25.7. The molecule has 0 aromatic heterocycles. The monoisotopic (exact) mass is 1090 g/mol. The van der Waals surface area contributed by atoms with E-state index in [0.29, 0.717) is 32.1 Å². The molecule has 0 spiro atoms. The summed E-state index contributed by atoms with van der Waals surface area (Å²) in [4.78, 5) is 0. The highest BCUT2D eigenvalue weighted by atomic mass is 16.8. The van der Waals surface area contributed by atoms with E-state index in [1.165, 1.54) is 6.92 Å². The highest BCUT2D eigenvalue weighted by molar-refractivity contribution is 5.20. The third-order valence-electron chi connectivity index (χ3n) is 20.9. The Bertz CT molecular complexity index is 1980. The maximum absolute atomic E-state index is 12.7. The summed E-state index contributed by atoms with van der Waals surface area (Å²) < 4.78 is 48.8. The number of aliphatic hydroxyl groups excluding tert-OH is 14. The van der Waals surface area contributed by atoms with E-state index in [-0.39, 0.29) is 39.9 Å². The van der Waals surface area contributed by atoms with Crippen molar-refractivity contribution < 1.29 is 109 Å². The first-order chi connectivity index (χ1) is 35.5. The van der Waals surface area contributed by atoms with E-state index in [4.69, 9.17) is 37.9 Å². The minimum atomic E-state index is -1.85. The van der Waals surface area contributed by atoms with Crippen molar-refractivity contribution in [1.82, 2.24) is 0 Å². The normalized spacial score (nSPS) is 53.2. The lowest BCUT2D eigenvalue weighted by Gasteiger charge is -2.71. The zero-order valence-electron chi connectivity index (χ0n) is 45.6. The third-order valence-corrected chi connectivity index (χ3v) is 20.9. The first-order valence-corrected chi connectivity index (χ1v) is 27.7. The lowest BCUT2D eigenvalue weighted by Crippen LogP contribution is -2.67. The van der Waals surface area contributed by atoms with Crippen molar-refractivity contribution in [2.24, 2.45) is 45.3 Å². The molecular formula is C54H92O22. The summed E-state index contributed by atoms with van der Waals surface area (Å²) in [5, 5.41) is 152. The third kappa shape index (κ3) is 10.5. The SMILES string of the molecule is CC(C)=CCC[C@](C)(O[C@H]1O[C@@H](CO)[C@H](O)[C@@H](O)[C@@H]1O)[C@@H]1CC[C@]2(C)[C@H]1[C@@H](O)C[C@H]1[C@@]3(C)CC[C@H](O[C@H]4O[C@@H](CO[C@H]5O[C@@H](C)[C@H](O)[C@@H](O)[C@@H]5O[C@H]5O[C@@H](CO)[C@H](O)[C@@H](O)[C@@H]5O)[C@H](O)[C@@H](O)[C@@H]4O)C(C)(C)[C@@H]3CC[C@@]12C. The Morgan fingerprint density at radius 3 is 1.71 bits per heavy atom.